The van der Waals surface area contributed by atoms with Crippen LogP contribution in [-0.2, 0) is 14.3 Å². The van der Waals surface area contributed by atoms with Crippen LogP contribution in [0.3, 0.4) is 0 Å². The second-order valence-electron chi connectivity index (χ2n) is 6.92. The van der Waals surface area contributed by atoms with E-state index in [4.69, 9.17) is 9.84 Å². The molecule has 1 heterocycles. The highest BCUT2D eigenvalue weighted by atomic mass is 16.5. The number of rotatable bonds is 6. The van der Waals surface area contributed by atoms with Crippen LogP contribution in [0.5, 0.6) is 0 Å². The molecule has 2 aliphatic rings. The Labute approximate surface area is 133 Å². The molecule has 0 aromatic carbocycles. The van der Waals surface area contributed by atoms with Crippen LogP contribution in [0, 0.1) is 11.8 Å². The normalized spacial score (nSPS) is 26.6. The molecule has 1 aliphatic carbocycles. The predicted octanol–water partition coefficient (Wildman–Crippen LogP) is 2.69. The molecule has 2 rings (SSSR count). The number of amides is 1. The molecule has 2 fully saturated rings. The SMILES string of the molecule is C[C@@H]1CCC[C@H](CC(=O)N(CCC(=O)O)C2CCOCC2)C1. The van der Waals surface area contributed by atoms with Crippen molar-refractivity contribution in [2.45, 2.75) is 64.3 Å². The third-order valence-electron chi connectivity index (χ3n) is 5.03. The molecule has 1 aliphatic heterocycles. The van der Waals surface area contributed by atoms with Crippen molar-refractivity contribution in [3.8, 4) is 0 Å². The minimum Gasteiger partial charge on any atom is -0.481 e. The van der Waals surface area contributed by atoms with Crippen molar-refractivity contribution in [1.29, 1.82) is 0 Å². The van der Waals surface area contributed by atoms with E-state index in [0.29, 0.717) is 38.0 Å². The van der Waals surface area contributed by atoms with Crippen LogP contribution in [0.1, 0.15) is 58.3 Å². The van der Waals surface area contributed by atoms with Crippen molar-refractivity contribution in [2.24, 2.45) is 11.8 Å². The predicted molar refractivity (Wildman–Crippen MR) is 83.5 cm³/mol. The molecule has 5 nitrogen and oxygen atoms in total. The lowest BCUT2D eigenvalue weighted by Gasteiger charge is -2.36. The average Bonchev–Trinajstić information content (AvgIpc) is 2.48. The highest BCUT2D eigenvalue weighted by Crippen LogP contribution is 2.31. The molecule has 22 heavy (non-hydrogen) atoms. The van der Waals surface area contributed by atoms with Crippen LogP contribution in [0.4, 0.5) is 0 Å². The summed E-state index contributed by atoms with van der Waals surface area (Å²) in [6, 6.07) is 0.154. The van der Waals surface area contributed by atoms with E-state index in [2.05, 4.69) is 6.92 Å². The summed E-state index contributed by atoms with van der Waals surface area (Å²) in [4.78, 5) is 25.4. The van der Waals surface area contributed by atoms with Crippen molar-refractivity contribution < 1.29 is 19.4 Å². The van der Waals surface area contributed by atoms with Crippen LogP contribution in [0.25, 0.3) is 0 Å². The summed E-state index contributed by atoms with van der Waals surface area (Å²) in [5.41, 5.74) is 0. The van der Waals surface area contributed by atoms with Gasteiger partial charge < -0.3 is 14.7 Å². The Hall–Kier alpha value is -1.10. The van der Waals surface area contributed by atoms with Crippen LogP contribution >= 0.6 is 0 Å². The van der Waals surface area contributed by atoms with E-state index < -0.39 is 5.97 Å². The standard InChI is InChI=1S/C17H29NO4/c1-13-3-2-4-14(11-13)12-16(19)18(8-5-17(20)21)15-6-9-22-10-7-15/h13-15H,2-12H2,1H3,(H,20,21)/t13-,14+/m1/s1. The smallest absolute Gasteiger partial charge is 0.305 e. The zero-order chi connectivity index (χ0) is 15.9. The third kappa shape index (κ3) is 5.27. The van der Waals surface area contributed by atoms with E-state index in [9.17, 15) is 9.59 Å². The molecule has 0 unspecified atom stereocenters. The fourth-order valence-corrected chi connectivity index (χ4v) is 3.83. The minimum atomic E-state index is -0.837. The Bertz CT molecular complexity index is 379. The van der Waals surface area contributed by atoms with Gasteiger partial charge in [-0.05, 0) is 37.5 Å². The molecule has 0 aromatic heterocycles. The average molecular weight is 311 g/mol. The molecule has 5 heteroatoms. The number of ether oxygens (including phenoxy) is 1. The number of carbonyl (C=O) groups excluding carboxylic acids is 1. The second-order valence-corrected chi connectivity index (χ2v) is 6.92. The van der Waals surface area contributed by atoms with Gasteiger partial charge in [-0.2, -0.15) is 0 Å². The first-order valence-corrected chi connectivity index (χ1v) is 8.65. The molecule has 0 spiro atoms. The van der Waals surface area contributed by atoms with Crippen molar-refractivity contribution >= 4 is 11.9 Å². The third-order valence-corrected chi connectivity index (χ3v) is 5.03. The number of hydrogen-bond donors (Lipinski definition) is 1. The lowest BCUT2D eigenvalue weighted by Crippen LogP contribution is -2.45. The van der Waals surface area contributed by atoms with Gasteiger partial charge in [-0.1, -0.05) is 19.8 Å². The van der Waals surface area contributed by atoms with E-state index in [1.165, 1.54) is 12.8 Å². The van der Waals surface area contributed by atoms with Crippen molar-refractivity contribution in [3.05, 3.63) is 0 Å². The number of carboxylic acid groups (broad SMARTS) is 1. The monoisotopic (exact) mass is 311 g/mol. The summed E-state index contributed by atoms with van der Waals surface area (Å²) in [6.45, 7) is 3.93. The molecular weight excluding hydrogens is 282 g/mol. The summed E-state index contributed by atoms with van der Waals surface area (Å²) < 4.78 is 5.36. The van der Waals surface area contributed by atoms with E-state index in [1.54, 1.807) is 0 Å². The molecule has 0 radical (unpaired) electrons. The number of hydrogen-bond acceptors (Lipinski definition) is 3. The zero-order valence-corrected chi connectivity index (χ0v) is 13.6. The summed E-state index contributed by atoms with van der Waals surface area (Å²) in [5.74, 6) is 0.494. The fraction of sp³-hybridized carbons (Fsp3) is 0.882. The lowest BCUT2D eigenvalue weighted by molar-refractivity contribution is -0.140. The number of carboxylic acids is 1. The van der Waals surface area contributed by atoms with Gasteiger partial charge in [0, 0.05) is 32.2 Å². The van der Waals surface area contributed by atoms with Gasteiger partial charge in [0.15, 0.2) is 0 Å². The molecule has 1 amide bonds. The number of nitrogens with zero attached hydrogens (tertiary/aromatic N) is 1. The first-order valence-electron chi connectivity index (χ1n) is 8.65. The van der Waals surface area contributed by atoms with E-state index >= 15 is 0 Å². The minimum absolute atomic E-state index is 0.0319. The summed E-state index contributed by atoms with van der Waals surface area (Å²) in [6.07, 6.45) is 7.02. The first kappa shape index (κ1) is 17.3. The van der Waals surface area contributed by atoms with Gasteiger partial charge in [-0.3, -0.25) is 9.59 Å². The summed E-state index contributed by atoms with van der Waals surface area (Å²) in [5, 5.41) is 8.94. The maximum absolute atomic E-state index is 12.7. The summed E-state index contributed by atoms with van der Waals surface area (Å²) >= 11 is 0. The molecule has 0 aromatic rings. The molecular formula is C17H29NO4. The van der Waals surface area contributed by atoms with Crippen LogP contribution in [0.15, 0.2) is 0 Å². The van der Waals surface area contributed by atoms with Crippen molar-refractivity contribution in [2.75, 3.05) is 19.8 Å². The van der Waals surface area contributed by atoms with Gasteiger partial charge in [-0.25, -0.2) is 0 Å². The fourth-order valence-electron chi connectivity index (χ4n) is 3.83. The van der Waals surface area contributed by atoms with E-state index in [1.807, 2.05) is 4.90 Å². The topological polar surface area (TPSA) is 66.8 Å². The molecule has 2 atom stereocenters. The quantitative estimate of drug-likeness (QED) is 0.819. The Morgan fingerprint density at radius 2 is 1.91 bits per heavy atom. The Morgan fingerprint density at radius 1 is 1.18 bits per heavy atom. The van der Waals surface area contributed by atoms with Crippen LogP contribution < -0.4 is 0 Å². The van der Waals surface area contributed by atoms with Gasteiger partial charge >= 0.3 is 5.97 Å². The Balaban J connectivity index is 1.93. The maximum Gasteiger partial charge on any atom is 0.305 e. The largest absolute Gasteiger partial charge is 0.481 e. The van der Waals surface area contributed by atoms with E-state index in [0.717, 1.165) is 25.7 Å². The summed E-state index contributed by atoms with van der Waals surface area (Å²) in [7, 11) is 0. The lowest BCUT2D eigenvalue weighted by atomic mass is 9.80. The number of carbonyl (C=O) groups is 2. The maximum atomic E-state index is 12.7. The molecule has 126 valence electrons. The number of aliphatic carboxylic acids is 1. The van der Waals surface area contributed by atoms with Crippen LogP contribution in [-0.4, -0.2) is 47.7 Å². The Morgan fingerprint density at radius 3 is 2.55 bits per heavy atom. The van der Waals surface area contributed by atoms with Crippen molar-refractivity contribution in [1.82, 2.24) is 4.90 Å². The first-order chi connectivity index (χ1) is 10.6. The van der Waals surface area contributed by atoms with Gasteiger partial charge in [0.25, 0.3) is 0 Å². The van der Waals surface area contributed by atoms with Crippen LogP contribution in [0.2, 0.25) is 0 Å². The second kappa shape index (κ2) is 8.51. The molecule has 0 bridgehead atoms. The van der Waals surface area contributed by atoms with Gasteiger partial charge in [0.05, 0.1) is 6.42 Å². The molecule has 1 saturated heterocycles. The zero-order valence-electron chi connectivity index (χ0n) is 13.6. The Kier molecular flexibility index (Phi) is 6.68. The van der Waals surface area contributed by atoms with Gasteiger partial charge in [0.1, 0.15) is 0 Å². The van der Waals surface area contributed by atoms with Crippen molar-refractivity contribution in [3.63, 3.8) is 0 Å². The van der Waals surface area contributed by atoms with Gasteiger partial charge in [0.2, 0.25) is 5.91 Å². The highest BCUT2D eigenvalue weighted by molar-refractivity contribution is 5.77. The molecule has 1 N–H and O–H groups in total. The van der Waals surface area contributed by atoms with E-state index in [-0.39, 0.29) is 18.4 Å². The molecule has 1 saturated carbocycles. The highest BCUT2D eigenvalue weighted by Gasteiger charge is 2.29. The van der Waals surface area contributed by atoms with Gasteiger partial charge in [-0.15, -0.1) is 0 Å².